The van der Waals surface area contributed by atoms with E-state index < -0.39 is 0 Å². The monoisotopic (exact) mass is 279 g/mol. The predicted molar refractivity (Wildman–Crippen MR) is 86.9 cm³/mol. The van der Waals surface area contributed by atoms with E-state index in [9.17, 15) is 0 Å². The van der Waals surface area contributed by atoms with Crippen molar-refractivity contribution in [2.45, 2.75) is 60.4 Å². The standard InChI is InChI=1S/C15H27N3.C2H6/c1-13(2)4-7-17-8-5-15(6-9-17)12-18-11-14(3)10-16-18;1-2/h10-11,13,15H,4-9,12H2,1-3H3;1-2H3. The summed E-state index contributed by atoms with van der Waals surface area (Å²) in [5.41, 5.74) is 1.27. The molecular formula is C17H33N3. The van der Waals surface area contributed by atoms with Crippen LogP contribution in [0.15, 0.2) is 12.4 Å². The SMILES string of the molecule is CC.Cc1cnn(CC2CCN(CCC(C)C)CC2)c1. The van der Waals surface area contributed by atoms with Gasteiger partial charge in [-0.2, -0.15) is 5.10 Å². The summed E-state index contributed by atoms with van der Waals surface area (Å²) in [6.07, 6.45) is 8.11. The van der Waals surface area contributed by atoms with E-state index in [0.717, 1.165) is 18.4 Å². The van der Waals surface area contributed by atoms with Gasteiger partial charge in [-0.15, -0.1) is 0 Å². The van der Waals surface area contributed by atoms with Gasteiger partial charge in [-0.05, 0) is 63.2 Å². The van der Waals surface area contributed by atoms with Crippen LogP contribution in [0.2, 0.25) is 0 Å². The number of piperidine rings is 1. The van der Waals surface area contributed by atoms with Crippen molar-refractivity contribution >= 4 is 0 Å². The molecule has 0 aromatic carbocycles. The molecule has 1 aromatic heterocycles. The van der Waals surface area contributed by atoms with Crippen molar-refractivity contribution < 1.29 is 0 Å². The Labute approximate surface area is 125 Å². The lowest BCUT2D eigenvalue weighted by molar-refractivity contribution is 0.164. The molecule has 1 aliphatic heterocycles. The van der Waals surface area contributed by atoms with Gasteiger partial charge in [0.25, 0.3) is 0 Å². The van der Waals surface area contributed by atoms with Gasteiger partial charge in [0.05, 0.1) is 6.20 Å². The molecule has 3 nitrogen and oxygen atoms in total. The van der Waals surface area contributed by atoms with Crippen LogP contribution in [0.3, 0.4) is 0 Å². The maximum atomic E-state index is 4.39. The normalized spacial score (nSPS) is 17.1. The Balaban J connectivity index is 0.000000956. The van der Waals surface area contributed by atoms with Gasteiger partial charge in [-0.25, -0.2) is 0 Å². The maximum Gasteiger partial charge on any atom is 0.0518 e. The summed E-state index contributed by atoms with van der Waals surface area (Å²) in [5, 5.41) is 4.39. The van der Waals surface area contributed by atoms with Crippen LogP contribution in [0.25, 0.3) is 0 Å². The minimum absolute atomic E-state index is 0.819. The van der Waals surface area contributed by atoms with Crippen LogP contribution in [0.1, 0.15) is 52.5 Å². The predicted octanol–water partition coefficient (Wildman–Crippen LogP) is 3.98. The third-order valence-corrected chi connectivity index (χ3v) is 3.94. The van der Waals surface area contributed by atoms with Crippen LogP contribution < -0.4 is 0 Å². The molecule has 1 aliphatic rings. The summed E-state index contributed by atoms with van der Waals surface area (Å²) < 4.78 is 2.11. The van der Waals surface area contributed by atoms with Crippen LogP contribution in [0.4, 0.5) is 0 Å². The smallest absolute Gasteiger partial charge is 0.0518 e. The molecule has 2 rings (SSSR count). The van der Waals surface area contributed by atoms with Crippen molar-refractivity contribution in [3.63, 3.8) is 0 Å². The summed E-state index contributed by atoms with van der Waals surface area (Å²) in [7, 11) is 0. The first-order valence-corrected chi connectivity index (χ1v) is 8.35. The molecule has 1 saturated heterocycles. The lowest BCUT2D eigenvalue weighted by atomic mass is 9.96. The molecule has 0 bridgehead atoms. The van der Waals surface area contributed by atoms with E-state index in [-0.39, 0.29) is 0 Å². The Kier molecular flexibility index (Phi) is 7.90. The number of nitrogens with zero attached hydrogens (tertiary/aromatic N) is 3. The van der Waals surface area contributed by atoms with Gasteiger partial charge in [0.2, 0.25) is 0 Å². The topological polar surface area (TPSA) is 21.1 Å². The summed E-state index contributed by atoms with van der Waals surface area (Å²) in [4.78, 5) is 2.63. The van der Waals surface area contributed by atoms with Crippen LogP contribution >= 0.6 is 0 Å². The second kappa shape index (κ2) is 9.17. The lowest BCUT2D eigenvalue weighted by Crippen LogP contribution is -2.36. The Morgan fingerprint density at radius 3 is 2.40 bits per heavy atom. The number of rotatable bonds is 5. The van der Waals surface area contributed by atoms with Crippen LogP contribution in [-0.2, 0) is 6.54 Å². The first-order chi connectivity index (χ1) is 9.63. The highest BCUT2D eigenvalue weighted by molar-refractivity contribution is 4.99. The highest BCUT2D eigenvalue weighted by atomic mass is 15.3. The molecule has 20 heavy (non-hydrogen) atoms. The third kappa shape index (κ3) is 6.08. The zero-order valence-corrected chi connectivity index (χ0v) is 14.1. The minimum atomic E-state index is 0.819. The van der Waals surface area contributed by atoms with E-state index >= 15 is 0 Å². The maximum absolute atomic E-state index is 4.39. The molecule has 3 heteroatoms. The lowest BCUT2D eigenvalue weighted by Gasteiger charge is -2.32. The van der Waals surface area contributed by atoms with E-state index in [2.05, 4.69) is 41.6 Å². The van der Waals surface area contributed by atoms with E-state index in [1.807, 2.05) is 20.0 Å². The van der Waals surface area contributed by atoms with Crippen molar-refractivity contribution in [2.75, 3.05) is 19.6 Å². The molecular weight excluding hydrogens is 246 g/mol. The summed E-state index contributed by atoms with van der Waals surface area (Å²) in [5.74, 6) is 1.65. The molecule has 0 unspecified atom stereocenters. The Morgan fingerprint density at radius 2 is 1.90 bits per heavy atom. The molecule has 0 radical (unpaired) electrons. The van der Waals surface area contributed by atoms with Crippen molar-refractivity contribution in [3.8, 4) is 0 Å². The fourth-order valence-corrected chi connectivity index (χ4v) is 2.66. The first kappa shape index (κ1) is 17.2. The zero-order chi connectivity index (χ0) is 15.0. The average Bonchev–Trinajstić information content (AvgIpc) is 2.85. The highest BCUT2D eigenvalue weighted by Crippen LogP contribution is 2.19. The summed E-state index contributed by atoms with van der Waals surface area (Å²) >= 11 is 0. The highest BCUT2D eigenvalue weighted by Gasteiger charge is 2.19. The van der Waals surface area contributed by atoms with Gasteiger partial charge < -0.3 is 4.90 Å². The average molecular weight is 279 g/mol. The van der Waals surface area contributed by atoms with E-state index in [4.69, 9.17) is 0 Å². The van der Waals surface area contributed by atoms with Gasteiger partial charge in [0, 0.05) is 12.7 Å². The molecule has 0 aliphatic carbocycles. The van der Waals surface area contributed by atoms with Gasteiger partial charge in [-0.3, -0.25) is 4.68 Å². The molecule has 0 saturated carbocycles. The fraction of sp³-hybridized carbons (Fsp3) is 0.824. The number of hydrogen-bond donors (Lipinski definition) is 0. The molecule has 1 fully saturated rings. The van der Waals surface area contributed by atoms with Crippen molar-refractivity contribution in [2.24, 2.45) is 11.8 Å². The minimum Gasteiger partial charge on any atom is -0.303 e. The van der Waals surface area contributed by atoms with Gasteiger partial charge >= 0.3 is 0 Å². The fourth-order valence-electron chi connectivity index (χ4n) is 2.66. The molecule has 0 N–H and O–H groups in total. The molecule has 116 valence electrons. The second-order valence-electron chi connectivity index (χ2n) is 6.21. The second-order valence-corrected chi connectivity index (χ2v) is 6.21. The molecule has 0 amide bonds. The van der Waals surface area contributed by atoms with Gasteiger partial charge in [-0.1, -0.05) is 27.7 Å². The quantitative estimate of drug-likeness (QED) is 0.813. The van der Waals surface area contributed by atoms with E-state index in [1.54, 1.807) is 0 Å². The molecule has 2 heterocycles. The van der Waals surface area contributed by atoms with Crippen molar-refractivity contribution in [3.05, 3.63) is 18.0 Å². The zero-order valence-electron chi connectivity index (χ0n) is 14.1. The summed E-state index contributed by atoms with van der Waals surface area (Å²) in [6.45, 7) is 15.7. The van der Waals surface area contributed by atoms with Crippen LogP contribution in [0, 0.1) is 18.8 Å². The largest absolute Gasteiger partial charge is 0.303 e. The molecule has 1 aromatic rings. The Morgan fingerprint density at radius 1 is 1.25 bits per heavy atom. The Hall–Kier alpha value is -0.830. The van der Waals surface area contributed by atoms with Crippen LogP contribution in [0.5, 0.6) is 0 Å². The van der Waals surface area contributed by atoms with Gasteiger partial charge in [0.15, 0.2) is 0 Å². The number of likely N-dealkylation sites (tertiary alicyclic amines) is 1. The third-order valence-electron chi connectivity index (χ3n) is 3.94. The Bertz CT molecular complexity index is 349. The van der Waals surface area contributed by atoms with Gasteiger partial charge in [0.1, 0.15) is 0 Å². The summed E-state index contributed by atoms with van der Waals surface area (Å²) in [6, 6.07) is 0. The van der Waals surface area contributed by atoms with Crippen LogP contribution in [-0.4, -0.2) is 34.3 Å². The van der Waals surface area contributed by atoms with Crippen molar-refractivity contribution in [1.82, 2.24) is 14.7 Å². The van der Waals surface area contributed by atoms with E-state index in [0.29, 0.717) is 0 Å². The van der Waals surface area contributed by atoms with E-state index in [1.165, 1.54) is 44.5 Å². The van der Waals surface area contributed by atoms with Crippen molar-refractivity contribution in [1.29, 1.82) is 0 Å². The molecule has 0 atom stereocenters. The number of hydrogen-bond acceptors (Lipinski definition) is 2. The first-order valence-electron chi connectivity index (χ1n) is 8.35. The number of aromatic nitrogens is 2. The number of aryl methyl sites for hydroxylation is 1. The molecule has 0 spiro atoms.